The van der Waals surface area contributed by atoms with Crippen LogP contribution in [0.15, 0.2) is 6.07 Å². The van der Waals surface area contributed by atoms with E-state index >= 15 is 0 Å². The van der Waals surface area contributed by atoms with Gasteiger partial charge >= 0.3 is 0 Å². The Morgan fingerprint density at radius 1 is 1.30 bits per heavy atom. The Morgan fingerprint density at radius 2 is 2.08 bits per heavy atom. The molecule has 0 amide bonds. The Kier molecular flexibility index (Phi) is 5.59. The minimum Gasteiger partial charge on any atom is -0.506 e. The van der Waals surface area contributed by atoms with Gasteiger partial charge in [0, 0.05) is 35.4 Å². The fourth-order valence-electron chi connectivity index (χ4n) is 6.54. The van der Waals surface area contributed by atoms with Crippen LogP contribution in [0.1, 0.15) is 46.0 Å². The summed E-state index contributed by atoms with van der Waals surface area (Å²) in [5, 5.41) is 24.4. The van der Waals surface area contributed by atoms with Crippen molar-refractivity contribution in [3.63, 3.8) is 0 Å². The zero-order valence-corrected chi connectivity index (χ0v) is 22.3. The number of fused-ring (bicyclic) bond motifs is 6. The number of aromatic hydroxyl groups is 1. The number of rotatable bonds is 6. The molecule has 2 fully saturated rings. The van der Waals surface area contributed by atoms with Crippen molar-refractivity contribution in [3.05, 3.63) is 28.3 Å². The molecule has 3 aliphatic heterocycles. The van der Waals surface area contributed by atoms with Crippen LogP contribution in [0.2, 0.25) is 0 Å². The molecule has 2 bridgehead atoms. The lowest BCUT2D eigenvalue weighted by Gasteiger charge is -2.53. The molecule has 1 aliphatic carbocycles. The third-order valence-corrected chi connectivity index (χ3v) is 8.95. The summed E-state index contributed by atoms with van der Waals surface area (Å²) in [6, 6.07) is 1.89. The van der Waals surface area contributed by atoms with E-state index in [4.69, 9.17) is 34.8 Å². The van der Waals surface area contributed by atoms with E-state index in [9.17, 15) is 15.0 Å². The number of aliphatic hydroxyl groups is 1. The Balaban J connectivity index is 1.64. The van der Waals surface area contributed by atoms with Crippen LogP contribution in [0, 0.1) is 19.3 Å². The number of phenols is 1. The molecular formula is C27H27BrO9. The second kappa shape index (κ2) is 8.30. The highest BCUT2D eigenvalue weighted by Gasteiger charge is 2.84. The Hall–Kier alpha value is -2.39. The van der Waals surface area contributed by atoms with Gasteiger partial charge in [-0.05, 0) is 31.4 Å². The number of carbonyl (C=O) groups is 1. The van der Waals surface area contributed by atoms with Gasteiger partial charge in [0.05, 0.1) is 18.1 Å². The lowest BCUT2D eigenvalue weighted by atomic mass is 9.76. The van der Waals surface area contributed by atoms with Gasteiger partial charge < -0.3 is 38.6 Å². The van der Waals surface area contributed by atoms with Crippen LogP contribution in [0.25, 0.3) is 10.8 Å². The second-order valence-corrected chi connectivity index (χ2v) is 10.4. The molecule has 2 N–H and O–H groups in total. The van der Waals surface area contributed by atoms with E-state index in [1.165, 1.54) is 7.11 Å². The summed E-state index contributed by atoms with van der Waals surface area (Å²) in [5.74, 6) is -0.538. The van der Waals surface area contributed by atoms with Gasteiger partial charge in [0.2, 0.25) is 5.79 Å². The van der Waals surface area contributed by atoms with Crippen molar-refractivity contribution in [2.75, 3.05) is 32.8 Å². The summed E-state index contributed by atoms with van der Waals surface area (Å²) >= 11 is 3.40. The second-order valence-electron chi connectivity index (χ2n) is 9.87. The smallest absolute Gasteiger partial charge is 0.275 e. The molecule has 9 nitrogen and oxygen atoms in total. The van der Waals surface area contributed by atoms with Gasteiger partial charge in [0.25, 0.3) is 5.79 Å². The molecule has 0 spiro atoms. The molecule has 4 aliphatic rings. The normalized spacial score (nSPS) is 33.1. The van der Waals surface area contributed by atoms with E-state index in [0.29, 0.717) is 46.9 Å². The van der Waals surface area contributed by atoms with Crippen LogP contribution in [0.4, 0.5) is 0 Å². The summed E-state index contributed by atoms with van der Waals surface area (Å²) < 4.78 is 36.6. The zero-order valence-electron chi connectivity index (χ0n) is 20.7. The molecule has 196 valence electrons. The lowest BCUT2D eigenvalue weighted by molar-refractivity contribution is -0.352. The highest BCUT2D eigenvalue weighted by Crippen LogP contribution is 2.66. The number of carbonyl (C=O) groups excluding carboxylic acids is 1. The molecule has 0 saturated carbocycles. The number of phenolic OH excluding ortho intramolecular Hbond substituents is 1. The average molecular weight is 575 g/mol. The first-order valence-electron chi connectivity index (χ1n) is 12.1. The molecule has 0 radical (unpaired) electrons. The molecule has 2 saturated heterocycles. The van der Waals surface area contributed by atoms with Crippen LogP contribution in [-0.2, 0) is 25.4 Å². The highest BCUT2D eigenvalue weighted by atomic mass is 79.9. The third-order valence-electron chi connectivity index (χ3n) is 8.14. The van der Waals surface area contributed by atoms with E-state index in [1.807, 2.05) is 13.0 Å². The van der Waals surface area contributed by atoms with E-state index < -0.39 is 29.4 Å². The van der Waals surface area contributed by atoms with Gasteiger partial charge in [-0.15, -0.1) is 6.42 Å². The van der Waals surface area contributed by atoms with Crippen LogP contribution < -0.4 is 9.47 Å². The van der Waals surface area contributed by atoms with Crippen LogP contribution in [-0.4, -0.2) is 72.0 Å². The van der Waals surface area contributed by atoms with Gasteiger partial charge in [-0.1, -0.05) is 21.9 Å². The molecule has 6 rings (SSSR count). The number of aryl methyl sites for hydroxylation is 1. The maximum Gasteiger partial charge on any atom is 0.275 e. The van der Waals surface area contributed by atoms with Gasteiger partial charge in [-0.25, -0.2) is 0 Å². The summed E-state index contributed by atoms with van der Waals surface area (Å²) in [4.78, 5) is 12.9. The monoisotopic (exact) mass is 574 g/mol. The van der Waals surface area contributed by atoms with Crippen molar-refractivity contribution in [2.45, 2.75) is 55.6 Å². The Bertz CT molecular complexity index is 1380. The van der Waals surface area contributed by atoms with E-state index in [0.717, 1.165) is 5.56 Å². The first kappa shape index (κ1) is 24.9. The van der Waals surface area contributed by atoms with Crippen LogP contribution in [0.3, 0.4) is 0 Å². The number of alkyl halides is 1. The van der Waals surface area contributed by atoms with E-state index in [2.05, 4.69) is 21.9 Å². The molecule has 5 atom stereocenters. The summed E-state index contributed by atoms with van der Waals surface area (Å²) in [5.41, 5.74) is 0.478. The molecular weight excluding hydrogens is 548 g/mol. The first-order chi connectivity index (χ1) is 17.7. The molecule has 2 aromatic carbocycles. The molecule has 3 unspecified atom stereocenters. The van der Waals surface area contributed by atoms with Gasteiger partial charge in [-0.2, -0.15) is 0 Å². The number of hydrogen-bond donors (Lipinski definition) is 2. The van der Waals surface area contributed by atoms with Crippen LogP contribution in [0.5, 0.6) is 17.2 Å². The predicted octanol–water partition coefficient (Wildman–Crippen LogP) is 3.06. The maximum atomic E-state index is 12.9. The van der Waals surface area contributed by atoms with Crippen molar-refractivity contribution in [3.8, 4) is 29.6 Å². The number of halogens is 1. The number of terminal acetylenes is 1. The first-order valence-corrected chi connectivity index (χ1v) is 13.2. The lowest BCUT2D eigenvalue weighted by Crippen LogP contribution is -2.74. The highest BCUT2D eigenvalue weighted by molar-refractivity contribution is 9.09. The SMILES string of the molecule is C#CCOCC12OC3c4c(C)cc5c(OC)c6c(c(O)c5c4O[C@](OC)(C3O1)[C@@]2(O)CBr)C(=O)CCC6. The van der Waals surface area contributed by atoms with Crippen LogP contribution >= 0.6 is 15.9 Å². The summed E-state index contributed by atoms with van der Waals surface area (Å²) in [7, 11) is 2.96. The minimum absolute atomic E-state index is 0.00390. The number of ether oxygens (including phenoxy) is 6. The van der Waals surface area contributed by atoms with Crippen molar-refractivity contribution in [1.82, 2.24) is 0 Å². The Morgan fingerprint density at radius 3 is 2.76 bits per heavy atom. The molecule has 3 heterocycles. The number of Topliss-reactive ketones (excluding diaryl/α,β-unsaturated/α-hetero) is 1. The molecule has 0 aromatic heterocycles. The third kappa shape index (κ3) is 2.85. The predicted molar refractivity (Wildman–Crippen MR) is 134 cm³/mol. The van der Waals surface area contributed by atoms with Crippen molar-refractivity contribution < 1.29 is 43.4 Å². The average Bonchev–Trinajstić information content (AvgIpc) is 3.37. The fraction of sp³-hybridized carbons (Fsp3) is 0.519. The quantitative estimate of drug-likeness (QED) is 0.305. The molecule has 2 aromatic rings. The van der Waals surface area contributed by atoms with Gasteiger partial charge in [-0.3, -0.25) is 4.79 Å². The Labute approximate surface area is 222 Å². The number of ketones is 1. The summed E-state index contributed by atoms with van der Waals surface area (Å²) in [6.07, 6.45) is 5.38. The minimum atomic E-state index is -1.87. The van der Waals surface area contributed by atoms with E-state index in [1.54, 1.807) is 7.11 Å². The zero-order chi connectivity index (χ0) is 26.3. The number of hydrogen-bond acceptors (Lipinski definition) is 9. The van der Waals surface area contributed by atoms with Crippen molar-refractivity contribution in [2.24, 2.45) is 0 Å². The largest absolute Gasteiger partial charge is 0.506 e. The van der Waals surface area contributed by atoms with E-state index in [-0.39, 0.29) is 41.4 Å². The number of benzene rings is 2. The van der Waals surface area contributed by atoms with Gasteiger partial charge in [0.15, 0.2) is 17.5 Å². The summed E-state index contributed by atoms with van der Waals surface area (Å²) in [6.45, 7) is 1.73. The van der Waals surface area contributed by atoms with Gasteiger partial charge in [0.1, 0.15) is 36.6 Å². The fourth-order valence-corrected chi connectivity index (χ4v) is 7.35. The molecule has 37 heavy (non-hydrogen) atoms. The van der Waals surface area contributed by atoms with Crippen molar-refractivity contribution >= 4 is 32.5 Å². The molecule has 10 heteroatoms. The topological polar surface area (TPSA) is 113 Å². The standard InChI is InChI=1S/C27H27BrO9/c1-5-9-34-12-26-25(31,11-28)27(33-4)24(37-26)23(35-26)17-13(2)10-15-19(22(17)36-27)20(30)18-14(21(15)32-3)7-6-8-16(18)29/h1,10,23-24,30-31H,6-9,11-12H2,2-4H3/t23?,24?,25-,26?,27-/m1/s1. The van der Waals surface area contributed by atoms with Crippen molar-refractivity contribution in [1.29, 1.82) is 0 Å². The maximum absolute atomic E-state index is 12.9. The number of methoxy groups -OCH3 is 2.